The molecule has 20 heavy (non-hydrogen) atoms. The fourth-order valence-corrected chi connectivity index (χ4v) is 3.91. The number of hydrogen-bond acceptors (Lipinski definition) is 3. The summed E-state index contributed by atoms with van der Waals surface area (Å²) >= 11 is 0. The van der Waals surface area contributed by atoms with Gasteiger partial charge < -0.3 is 14.5 Å². The molecule has 0 aromatic carbocycles. The van der Waals surface area contributed by atoms with Crippen molar-refractivity contribution in [2.24, 2.45) is 17.8 Å². The van der Waals surface area contributed by atoms with Crippen molar-refractivity contribution in [1.29, 1.82) is 0 Å². The molecule has 0 spiro atoms. The second-order valence-corrected chi connectivity index (χ2v) is 6.49. The summed E-state index contributed by atoms with van der Waals surface area (Å²) in [5.74, 6) is 2.06. The number of rotatable bonds is 4. The van der Waals surface area contributed by atoms with Gasteiger partial charge in [-0.05, 0) is 37.6 Å². The number of hydrogen-bond donors (Lipinski definition) is 0. The highest BCUT2D eigenvalue weighted by molar-refractivity contribution is 5.79. The molecule has 112 valence electrons. The van der Waals surface area contributed by atoms with E-state index in [1.165, 1.54) is 12.8 Å². The molecular formula is C16H26N2O2. The van der Waals surface area contributed by atoms with Crippen molar-refractivity contribution in [3.8, 4) is 0 Å². The summed E-state index contributed by atoms with van der Waals surface area (Å²) in [7, 11) is 1.73. The van der Waals surface area contributed by atoms with E-state index in [1.807, 2.05) is 0 Å². The quantitative estimate of drug-likeness (QED) is 0.728. The lowest BCUT2D eigenvalue weighted by molar-refractivity contribution is -0.134. The van der Waals surface area contributed by atoms with Crippen molar-refractivity contribution in [2.45, 2.75) is 19.3 Å². The summed E-state index contributed by atoms with van der Waals surface area (Å²) in [5.41, 5.74) is 0. The largest absolute Gasteiger partial charge is 0.383 e. The van der Waals surface area contributed by atoms with Gasteiger partial charge in [-0.2, -0.15) is 0 Å². The third kappa shape index (κ3) is 2.91. The van der Waals surface area contributed by atoms with Crippen LogP contribution in [0, 0.1) is 17.8 Å². The Bertz CT molecular complexity index is 367. The lowest BCUT2D eigenvalue weighted by Crippen LogP contribution is -2.36. The van der Waals surface area contributed by atoms with Gasteiger partial charge in [0.25, 0.3) is 0 Å². The van der Waals surface area contributed by atoms with Crippen LogP contribution in [0.25, 0.3) is 0 Å². The molecule has 0 saturated carbocycles. The molecule has 3 atom stereocenters. The fourth-order valence-electron chi connectivity index (χ4n) is 3.91. The monoisotopic (exact) mass is 278 g/mol. The minimum Gasteiger partial charge on any atom is -0.383 e. The van der Waals surface area contributed by atoms with Gasteiger partial charge in [0.15, 0.2) is 0 Å². The number of ether oxygens (including phenoxy) is 1. The predicted octanol–water partition coefficient (Wildman–Crippen LogP) is 1.38. The normalized spacial score (nSPS) is 33.6. The maximum absolute atomic E-state index is 12.7. The summed E-state index contributed by atoms with van der Waals surface area (Å²) in [6.07, 6.45) is 7.93. The maximum atomic E-state index is 12.7. The first-order valence-corrected chi connectivity index (χ1v) is 7.93. The van der Waals surface area contributed by atoms with E-state index in [2.05, 4.69) is 22.0 Å². The molecule has 1 unspecified atom stereocenters. The minimum absolute atomic E-state index is 0.222. The molecule has 0 aromatic rings. The van der Waals surface area contributed by atoms with Crippen molar-refractivity contribution >= 4 is 5.91 Å². The Hall–Kier alpha value is -0.870. The van der Waals surface area contributed by atoms with Gasteiger partial charge in [0.1, 0.15) is 0 Å². The van der Waals surface area contributed by atoms with Crippen molar-refractivity contribution < 1.29 is 9.53 Å². The van der Waals surface area contributed by atoms with Crippen LogP contribution in [0.5, 0.6) is 0 Å². The molecule has 2 fully saturated rings. The molecule has 4 nitrogen and oxygen atoms in total. The molecule has 1 aliphatic carbocycles. The Labute approximate surface area is 121 Å². The lowest BCUT2D eigenvalue weighted by atomic mass is 9.86. The molecule has 2 aliphatic heterocycles. The van der Waals surface area contributed by atoms with Crippen molar-refractivity contribution in [3.63, 3.8) is 0 Å². The van der Waals surface area contributed by atoms with Crippen LogP contribution in [-0.2, 0) is 9.53 Å². The standard InChI is InChI=1S/C16H26N2O2/c1-20-9-8-17-7-6-15(10-17)16(19)18-11-13-4-2-3-5-14(13)12-18/h2-3,13-15H,4-12H2,1H3/t13-,14+,15?. The van der Waals surface area contributed by atoms with Crippen LogP contribution in [0.1, 0.15) is 19.3 Å². The van der Waals surface area contributed by atoms with Gasteiger partial charge >= 0.3 is 0 Å². The third-order valence-corrected chi connectivity index (χ3v) is 5.17. The van der Waals surface area contributed by atoms with E-state index in [-0.39, 0.29) is 5.92 Å². The molecule has 4 heteroatoms. The lowest BCUT2D eigenvalue weighted by Gasteiger charge is -2.21. The highest BCUT2D eigenvalue weighted by atomic mass is 16.5. The number of amides is 1. The van der Waals surface area contributed by atoms with Crippen LogP contribution in [0.2, 0.25) is 0 Å². The summed E-state index contributed by atoms with van der Waals surface area (Å²) in [6, 6.07) is 0. The second kappa shape index (κ2) is 6.27. The molecule has 2 saturated heterocycles. The third-order valence-electron chi connectivity index (χ3n) is 5.17. The van der Waals surface area contributed by atoms with Crippen LogP contribution >= 0.6 is 0 Å². The molecule has 1 amide bonds. The SMILES string of the molecule is COCCN1CCC(C(=O)N2C[C@H]3CC=CC[C@H]3C2)C1. The van der Waals surface area contributed by atoms with Gasteiger partial charge in [-0.3, -0.25) is 4.79 Å². The zero-order valence-electron chi connectivity index (χ0n) is 12.5. The van der Waals surface area contributed by atoms with Crippen LogP contribution in [0.4, 0.5) is 0 Å². The highest BCUT2D eigenvalue weighted by Gasteiger charge is 2.38. The van der Waals surface area contributed by atoms with E-state index >= 15 is 0 Å². The molecule has 0 bridgehead atoms. The first-order chi connectivity index (χ1) is 9.78. The summed E-state index contributed by atoms with van der Waals surface area (Å²) in [6.45, 7) is 5.66. The van der Waals surface area contributed by atoms with E-state index in [0.29, 0.717) is 5.91 Å². The Balaban J connectivity index is 1.50. The maximum Gasteiger partial charge on any atom is 0.227 e. The number of allylic oxidation sites excluding steroid dienone is 2. The smallest absolute Gasteiger partial charge is 0.227 e. The van der Waals surface area contributed by atoms with Gasteiger partial charge in [0.2, 0.25) is 5.91 Å². The van der Waals surface area contributed by atoms with Gasteiger partial charge in [-0.1, -0.05) is 12.2 Å². The predicted molar refractivity (Wildman–Crippen MR) is 78.4 cm³/mol. The van der Waals surface area contributed by atoms with Crippen molar-refractivity contribution in [1.82, 2.24) is 9.80 Å². The molecule has 0 aromatic heterocycles. The number of carbonyl (C=O) groups excluding carboxylic acids is 1. The van der Waals surface area contributed by atoms with Gasteiger partial charge in [0, 0.05) is 33.3 Å². The van der Waals surface area contributed by atoms with Crippen LogP contribution < -0.4 is 0 Å². The fraction of sp³-hybridized carbons (Fsp3) is 0.812. The minimum atomic E-state index is 0.222. The van der Waals surface area contributed by atoms with Crippen molar-refractivity contribution in [3.05, 3.63) is 12.2 Å². The second-order valence-electron chi connectivity index (χ2n) is 6.49. The van der Waals surface area contributed by atoms with Crippen LogP contribution in [0.15, 0.2) is 12.2 Å². The number of fused-ring (bicyclic) bond motifs is 1. The Morgan fingerprint density at radius 2 is 1.90 bits per heavy atom. The number of nitrogens with zero attached hydrogens (tertiary/aromatic N) is 2. The van der Waals surface area contributed by atoms with Gasteiger partial charge in [-0.25, -0.2) is 0 Å². The zero-order chi connectivity index (χ0) is 13.9. The van der Waals surface area contributed by atoms with E-state index in [1.54, 1.807) is 7.11 Å². The molecule has 0 radical (unpaired) electrons. The molecule has 3 aliphatic rings. The van der Waals surface area contributed by atoms with E-state index in [0.717, 1.165) is 57.6 Å². The summed E-state index contributed by atoms with van der Waals surface area (Å²) in [5, 5.41) is 0. The first-order valence-electron chi connectivity index (χ1n) is 7.93. The molecular weight excluding hydrogens is 252 g/mol. The number of likely N-dealkylation sites (tertiary alicyclic amines) is 2. The Morgan fingerprint density at radius 1 is 1.20 bits per heavy atom. The summed E-state index contributed by atoms with van der Waals surface area (Å²) < 4.78 is 5.12. The molecule has 2 heterocycles. The summed E-state index contributed by atoms with van der Waals surface area (Å²) in [4.78, 5) is 17.2. The van der Waals surface area contributed by atoms with Crippen LogP contribution in [0.3, 0.4) is 0 Å². The number of methoxy groups -OCH3 is 1. The van der Waals surface area contributed by atoms with Gasteiger partial charge in [0.05, 0.1) is 12.5 Å². The van der Waals surface area contributed by atoms with Gasteiger partial charge in [-0.15, -0.1) is 0 Å². The average Bonchev–Trinajstić information content (AvgIpc) is 3.10. The first kappa shape index (κ1) is 14.1. The number of carbonyl (C=O) groups is 1. The van der Waals surface area contributed by atoms with E-state index < -0.39 is 0 Å². The Morgan fingerprint density at radius 3 is 2.55 bits per heavy atom. The average molecular weight is 278 g/mol. The van der Waals surface area contributed by atoms with E-state index in [4.69, 9.17) is 4.74 Å². The zero-order valence-corrected chi connectivity index (χ0v) is 12.5. The van der Waals surface area contributed by atoms with Crippen LogP contribution in [-0.4, -0.2) is 62.1 Å². The van der Waals surface area contributed by atoms with E-state index in [9.17, 15) is 4.79 Å². The Kier molecular flexibility index (Phi) is 4.41. The highest BCUT2D eigenvalue weighted by Crippen LogP contribution is 2.34. The topological polar surface area (TPSA) is 32.8 Å². The molecule has 0 N–H and O–H groups in total. The molecule has 3 rings (SSSR count). The van der Waals surface area contributed by atoms with Crippen molar-refractivity contribution in [2.75, 3.05) is 46.4 Å².